The Kier molecular flexibility index (Phi) is 6.64. The van der Waals surface area contributed by atoms with Crippen molar-refractivity contribution in [2.24, 2.45) is 0 Å². The lowest BCUT2D eigenvalue weighted by molar-refractivity contribution is -0.125. The molecule has 0 aliphatic carbocycles. The Morgan fingerprint density at radius 1 is 1.03 bits per heavy atom. The van der Waals surface area contributed by atoms with Gasteiger partial charge in [-0.1, -0.05) is 36.4 Å². The van der Waals surface area contributed by atoms with E-state index in [-0.39, 0.29) is 42.8 Å². The summed E-state index contributed by atoms with van der Waals surface area (Å²) in [5.74, 6) is -0.937. The second-order valence-corrected chi connectivity index (χ2v) is 7.38. The number of ketones is 1. The van der Waals surface area contributed by atoms with Crippen LogP contribution in [0, 0.1) is 5.82 Å². The average Bonchev–Trinajstić information content (AvgIpc) is 2.83. The van der Waals surface area contributed by atoms with Crippen LogP contribution >= 0.6 is 0 Å². The number of anilines is 1. The number of rotatable bonds is 8. The van der Waals surface area contributed by atoms with Gasteiger partial charge in [-0.15, -0.1) is 0 Å². The van der Waals surface area contributed by atoms with Crippen molar-refractivity contribution >= 4 is 23.3 Å². The van der Waals surface area contributed by atoms with Gasteiger partial charge >= 0.3 is 0 Å². The monoisotopic (exact) mass is 448 g/mol. The summed E-state index contributed by atoms with van der Waals surface area (Å²) < 4.78 is 24.1. The van der Waals surface area contributed by atoms with Crippen molar-refractivity contribution in [2.75, 3.05) is 24.7 Å². The Balaban J connectivity index is 1.44. The van der Waals surface area contributed by atoms with Crippen LogP contribution in [-0.4, -0.2) is 37.4 Å². The maximum absolute atomic E-state index is 13.3. The minimum Gasteiger partial charge on any atom is -0.485 e. The summed E-state index contributed by atoms with van der Waals surface area (Å²) in [5, 5.41) is 2.79. The van der Waals surface area contributed by atoms with Gasteiger partial charge in [-0.2, -0.15) is 0 Å². The number of benzene rings is 3. The van der Waals surface area contributed by atoms with Crippen LogP contribution in [0.3, 0.4) is 0 Å². The Morgan fingerprint density at radius 3 is 2.64 bits per heavy atom. The molecule has 3 aromatic carbocycles. The summed E-state index contributed by atoms with van der Waals surface area (Å²) >= 11 is 0. The van der Waals surface area contributed by atoms with Crippen LogP contribution in [0.4, 0.5) is 10.1 Å². The number of halogens is 1. The number of hydrogen-bond acceptors (Lipinski definition) is 5. The highest BCUT2D eigenvalue weighted by Crippen LogP contribution is 2.33. The first-order chi connectivity index (χ1) is 16.0. The molecule has 0 bridgehead atoms. The molecule has 0 saturated heterocycles. The molecule has 0 aromatic heterocycles. The van der Waals surface area contributed by atoms with Gasteiger partial charge in [-0.25, -0.2) is 4.39 Å². The predicted molar refractivity (Wildman–Crippen MR) is 119 cm³/mol. The van der Waals surface area contributed by atoms with Gasteiger partial charge in [0.05, 0.1) is 5.69 Å². The predicted octanol–water partition coefficient (Wildman–Crippen LogP) is 3.13. The molecule has 0 unspecified atom stereocenters. The van der Waals surface area contributed by atoms with E-state index < -0.39 is 11.7 Å². The zero-order chi connectivity index (χ0) is 23.2. The summed E-state index contributed by atoms with van der Waals surface area (Å²) in [6, 6.07) is 19.5. The number of hydrogen-bond donors (Lipinski definition) is 1. The van der Waals surface area contributed by atoms with Gasteiger partial charge in [0, 0.05) is 18.2 Å². The first kappa shape index (κ1) is 22.0. The second kappa shape index (κ2) is 9.95. The number of carbonyl (C=O) groups is 3. The van der Waals surface area contributed by atoms with Crippen molar-refractivity contribution in [1.29, 1.82) is 0 Å². The van der Waals surface area contributed by atoms with E-state index in [9.17, 15) is 18.8 Å². The minimum atomic E-state index is -0.467. The van der Waals surface area contributed by atoms with Gasteiger partial charge in [0.15, 0.2) is 19.0 Å². The molecule has 1 heterocycles. The van der Waals surface area contributed by atoms with Crippen molar-refractivity contribution in [3.63, 3.8) is 0 Å². The number of fused-ring (bicyclic) bond motifs is 1. The third-order valence-electron chi connectivity index (χ3n) is 5.02. The Labute approximate surface area is 189 Å². The molecule has 0 atom stereocenters. The largest absolute Gasteiger partial charge is 0.485 e. The minimum absolute atomic E-state index is 0.199. The fourth-order valence-electron chi connectivity index (χ4n) is 3.33. The van der Waals surface area contributed by atoms with E-state index >= 15 is 0 Å². The molecule has 1 aliphatic heterocycles. The van der Waals surface area contributed by atoms with E-state index in [1.54, 1.807) is 18.2 Å². The lowest BCUT2D eigenvalue weighted by Gasteiger charge is -2.29. The molecule has 168 valence electrons. The summed E-state index contributed by atoms with van der Waals surface area (Å²) in [7, 11) is 0. The molecule has 0 fully saturated rings. The number of Topliss-reactive ketones (excluding diaryl/α,β-unsaturated/α-hetero) is 1. The molecule has 3 aromatic rings. The number of carbonyl (C=O) groups excluding carboxylic acids is 3. The van der Waals surface area contributed by atoms with Crippen LogP contribution in [0.25, 0.3) is 0 Å². The van der Waals surface area contributed by atoms with Crippen LogP contribution in [0.5, 0.6) is 11.5 Å². The van der Waals surface area contributed by atoms with Gasteiger partial charge in [0.1, 0.15) is 23.9 Å². The smallest absolute Gasteiger partial charge is 0.265 e. The third kappa shape index (κ3) is 5.54. The molecule has 4 rings (SSSR count). The highest BCUT2D eigenvalue weighted by molar-refractivity contribution is 6.04. The number of amides is 2. The average molecular weight is 448 g/mol. The van der Waals surface area contributed by atoms with Gasteiger partial charge < -0.3 is 14.8 Å². The van der Waals surface area contributed by atoms with Crippen molar-refractivity contribution in [1.82, 2.24) is 5.32 Å². The molecule has 2 amide bonds. The SMILES string of the molecule is O=C(CN1C(=O)COc2ccc(C(=O)COc3cccc(F)c3)cc21)NCc1ccccc1. The van der Waals surface area contributed by atoms with Crippen molar-refractivity contribution in [3.05, 3.63) is 89.7 Å². The normalized spacial score (nSPS) is 12.5. The third-order valence-corrected chi connectivity index (χ3v) is 5.02. The Morgan fingerprint density at radius 2 is 1.85 bits per heavy atom. The summed E-state index contributed by atoms with van der Waals surface area (Å²) in [6.45, 7) is -0.385. The molecule has 7 nitrogen and oxygen atoms in total. The van der Waals surface area contributed by atoms with E-state index in [1.807, 2.05) is 30.3 Å². The molecule has 33 heavy (non-hydrogen) atoms. The molecule has 1 N–H and O–H groups in total. The van der Waals surface area contributed by atoms with Gasteiger partial charge in [0.2, 0.25) is 5.91 Å². The molecule has 8 heteroatoms. The topological polar surface area (TPSA) is 84.9 Å². The first-order valence-corrected chi connectivity index (χ1v) is 10.3. The summed E-state index contributed by atoms with van der Waals surface area (Å²) in [4.78, 5) is 38.9. The van der Waals surface area contributed by atoms with Crippen molar-refractivity contribution in [2.45, 2.75) is 6.54 Å². The Bertz CT molecular complexity index is 1180. The lowest BCUT2D eigenvalue weighted by Crippen LogP contribution is -2.45. The zero-order valence-corrected chi connectivity index (χ0v) is 17.6. The number of nitrogens with zero attached hydrogens (tertiary/aromatic N) is 1. The fraction of sp³-hybridized carbons (Fsp3) is 0.160. The van der Waals surface area contributed by atoms with Crippen LogP contribution in [0.1, 0.15) is 15.9 Å². The van der Waals surface area contributed by atoms with Crippen molar-refractivity contribution < 1.29 is 28.2 Å². The molecule has 1 aliphatic rings. The molecular formula is C25H21FN2O5. The fourth-order valence-corrected chi connectivity index (χ4v) is 3.33. The van der Waals surface area contributed by atoms with Crippen molar-refractivity contribution in [3.8, 4) is 11.5 Å². The van der Waals surface area contributed by atoms with Gasteiger partial charge in [-0.05, 0) is 35.9 Å². The zero-order valence-electron chi connectivity index (χ0n) is 17.6. The van der Waals surface area contributed by atoms with Gasteiger partial charge in [0.25, 0.3) is 5.91 Å². The standard InChI is InChI=1S/C25H21FN2O5/c26-19-7-4-8-20(12-19)32-15-22(29)18-9-10-23-21(11-18)28(25(31)16-33-23)14-24(30)27-13-17-5-2-1-3-6-17/h1-12H,13-16H2,(H,27,30). The van der Waals surface area contributed by atoms with E-state index in [1.165, 1.54) is 29.2 Å². The quantitative estimate of drug-likeness (QED) is 0.536. The first-order valence-electron chi connectivity index (χ1n) is 10.3. The molecule has 0 radical (unpaired) electrons. The van der Waals surface area contributed by atoms with E-state index in [4.69, 9.17) is 9.47 Å². The van der Waals surface area contributed by atoms with Crippen LogP contribution in [-0.2, 0) is 16.1 Å². The molecule has 0 saturated carbocycles. The molecular weight excluding hydrogens is 427 g/mol. The van der Waals surface area contributed by atoms with Crippen LogP contribution in [0.2, 0.25) is 0 Å². The maximum atomic E-state index is 13.3. The van der Waals surface area contributed by atoms with Crippen LogP contribution in [0.15, 0.2) is 72.8 Å². The van der Waals surface area contributed by atoms with E-state index in [0.717, 1.165) is 5.56 Å². The maximum Gasteiger partial charge on any atom is 0.265 e. The summed E-state index contributed by atoms with van der Waals surface area (Å²) in [5.41, 5.74) is 1.54. The number of ether oxygens (including phenoxy) is 2. The van der Waals surface area contributed by atoms with Crippen LogP contribution < -0.4 is 19.7 Å². The second-order valence-electron chi connectivity index (χ2n) is 7.38. The lowest BCUT2D eigenvalue weighted by atomic mass is 10.1. The number of nitrogens with one attached hydrogen (secondary N) is 1. The van der Waals surface area contributed by atoms with E-state index in [2.05, 4.69) is 5.32 Å². The highest BCUT2D eigenvalue weighted by Gasteiger charge is 2.28. The summed E-state index contributed by atoms with van der Waals surface area (Å²) in [6.07, 6.45) is 0. The highest BCUT2D eigenvalue weighted by atomic mass is 19.1. The molecule has 0 spiro atoms. The van der Waals surface area contributed by atoms with Gasteiger partial charge in [-0.3, -0.25) is 19.3 Å². The Hall–Kier alpha value is -4.20. The van der Waals surface area contributed by atoms with E-state index in [0.29, 0.717) is 18.0 Å².